The lowest BCUT2D eigenvalue weighted by Gasteiger charge is -2.26. The Hall–Kier alpha value is -1.46. The molecule has 1 aliphatic rings. The predicted molar refractivity (Wildman–Crippen MR) is 98.4 cm³/mol. The number of likely N-dealkylation sites (tertiary alicyclic amines) is 1. The molecule has 0 unspecified atom stereocenters. The van der Waals surface area contributed by atoms with Gasteiger partial charge in [-0.25, -0.2) is 0 Å². The van der Waals surface area contributed by atoms with Gasteiger partial charge in [0.05, 0.1) is 6.61 Å². The molecule has 136 valence electrons. The number of nitrogens with zero attached hydrogens (tertiary/aromatic N) is 1. The lowest BCUT2D eigenvalue weighted by Crippen LogP contribution is -2.33. The van der Waals surface area contributed by atoms with Crippen LogP contribution in [0.1, 0.15) is 32.1 Å². The first-order valence-corrected chi connectivity index (χ1v) is 9.12. The molecule has 1 aliphatic heterocycles. The molecule has 1 N–H and O–H groups in total. The van der Waals surface area contributed by atoms with Gasteiger partial charge in [-0.15, -0.1) is 0 Å². The second-order valence-corrected chi connectivity index (χ2v) is 6.21. The van der Waals surface area contributed by atoms with Crippen molar-refractivity contribution in [1.29, 1.82) is 0 Å². The quantitative estimate of drug-likeness (QED) is 0.627. The summed E-state index contributed by atoms with van der Waals surface area (Å²) in [5.41, 5.74) is 1.03. The van der Waals surface area contributed by atoms with Gasteiger partial charge in [-0.05, 0) is 50.9 Å². The van der Waals surface area contributed by atoms with Crippen molar-refractivity contribution in [3.63, 3.8) is 0 Å². The number of ether oxygens (including phenoxy) is 3. The number of piperidine rings is 1. The van der Waals surface area contributed by atoms with Crippen molar-refractivity contribution in [2.24, 2.45) is 0 Å². The molecule has 5 nitrogen and oxygen atoms in total. The molecule has 1 saturated heterocycles. The number of unbranched alkanes of at least 4 members (excludes halogenated alkanes) is 1. The maximum Gasteiger partial charge on any atom is 0.163 e. The van der Waals surface area contributed by atoms with Gasteiger partial charge in [0.1, 0.15) is 6.61 Å². The SMILES string of the molecule is CNc1ccc(OCCN2CCCCC2)c(OCCCCOC)c1. The standard InChI is InChI=1S/C19H32N2O3/c1-20-17-8-9-18(19(16-17)23-14-7-6-13-22-2)24-15-12-21-10-4-3-5-11-21/h8-9,16,20H,3-7,10-15H2,1-2H3. The largest absolute Gasteiger partial charge is 0.490 e. The Balaban J connectivity index is 1.82. The Bertz CT molecular complexity index is 462. The molecule has 0 radical (unpaired) electrons. The zero-order valence-corrected chi connectivity index (χ0v) is 15.2. The Morgan fingerprint density at radius 3 is 2.46 bits per heavy atom. The van der Waals surface area contributed by atoms with Gasteiger partial charge < -0.3 is 19.5 Å². The molecule has 0 aromatic heterocycles. The number of anilines is 1. The van der Waals surface area contributed by atoms with Crippen LogP contribution in [0.2, 0.25) is 0 Å². The molecule has 24 heavy (non-hydrogen) atoms. The smallest absolute Gasteiger partial charge is 0.163 e. The molecule has 0 atom stereocenters. The van der Waals surface area contributed by atoms with E-state index in [4.69, 9.17) is 14.2 Å². The molecule has 1 aromatic rings. The number of hydrogen-bond acceptors (Lipinski definition) is 5. The fraction of sp³-hybridized carbons (Fsp3) is 0.684. The van der Waals surface area contributed by atoms with Crippen molar-refractivity contribution in [2.45, 2.75) is 32.1 Å². The van der Waals surface area contributed by atoms with Crippen LogP contribution in [-0.4, -0.2) is 58.5 Å². The summed E-state index contributed by atoms with van der Waals surface area (Å²) in [6.45, 7) is 5.55. The van der Waals surface area contributed by atoms with E-state index in [-0.39, 0.29) is 0 Å². The second kappa shape index (κ2) is 11.2. The molecular weight excluding hydrogens is 304 g/mol. The van der Waals surface area contributed by atoms with Crippen LogP contribution < -0.4 is 14.8 Å². The van der Waals surface area contributed by atoms with Gasteiger partial charge in [0.2, 0.25) is 0 Å². The van der Waals surface area contributed by atoms with Crippen molar-refractivity contribution in [2.75, 3.05) is 58.9 Å². The Morgan fingerprint density at radius 1 is 0.958 bits per heavy atom. The van der Waals surface area contributed by atoms with E-state index >= 15 is 0 Å². The molecule has 1 heterocycles. The summed E-state index contributed by atoms with van der Waals surface area (Å²) in [5.74, 6) is 1.65. The molecule has 0 bridgehead atoms. The van der Waals surface area contributed by atoms with Crippen LogP contribution in [0.4, 0.5) is 5.69 Å². The monoisotopic (exact) mass is 336 g/mol. The van der Waals surface area contributed by atoms with E-state index in [0.717, 1.165) is 43.2 Å². The topological polar surface area (TPSA) is 43.0 Å². The van der Waals surface area contributed by atoms with E-state index in [1.807, 2.05) is 25.2 Å². The average molecular weight is 336 g/mol. The number of rotatable bonds is 11. The number of nitrogens with one attached hydrogen (secondary N) is 1. The lowest BCUT2D eigenvalue weighted by atomic mass is 10.1. The molecular formula is C19H32N2O3. The van der Waals surface area contributed by atoms with E-state index in [9.17, 15) is 0 Å². The summed E-state index contributed by atoms with van der Waals surface area (Å²) in [4.78, 5) is 2.48. The second-order valence-electron chi connectivity index (χ2n) is 6.21. The average Bonchev–Trinajstić information content (AvgIpc) is 2.63. The Kier molecular flexibility index (Phi) is 8.77. The van der Waals surface area contributed by atoms with Gasteiger partial charge in [0.25, 0.3) is 0 Å². The van der Waals surface area contributed by atoms with E-state index in [2.05, 4.69) is 10.2 Å². The molecule has 5 heteroatoms. The highest BCUT2D eigenvalue weighted by Crippen LogP contribution is 2.30. The predicted octanol–water partition coefficient (Wildman–Crippen LogP) is 3.40. The van der Waals surface area contributed by atoms with Gasteiger partial charge in [0, 0.05) is 39.1 Å². The molecule has 1 aromatic carbocycles. The van der Waals surface area contributed by atoms with Gasteiger partial charge in [-0.2, -0.15) is 0 Å². The minimum Gasteiger partial charge on any atom is -0.490 e. The first kappa shape index (κ1) is 18.9. The van der Waals surface area contributed by atoms with Crippen LogP contribution in [0.5, 0.6) is 11.5 Å². The third-order valence-electron chi connectivity index (χ3n) is 4.35. The minimum atomic E-state index is 0.680. The zero-order valence-electron chi connectivity index (χ0n) is 15.2. The van der Waals surface area contributed by atoms with Crippen molar-refractivity contribution >= 4 is 5.69 Å². The molecule has 1 fully saturated rings. The van der Waals surface area contributed by atoms with E-state index in [1.54, 1.807) is 7.11 Å². The summed E-state index contributed by atoms with van der Waals surface area (Å²) in [6, 6.07) is 6.02. The summed E-state index contributed by atoms with van der Waals surface area (Å²) in [6.07, 6.45) is 5.97. The van der Waals surface area contributed by atoms with E-state index in [1.165, 1.54) is 32.4 Å². The third kappa shape index (κ3) is 6.57. The van der Waals surface area contributed by atoms with Gasteiger partial charge in [-0.3, -0.25) is 4.90 Å². The highest BCUT2D eigenvalue weighted by molar-refractivity contribution is 5.54. The van der Waals surface area contributed by atoms with E-state index in [0.29, 0.717) is 13.2 Å². The maximum atomic E-state index is 6.00. The minimum absolute atomic E-state index is 0.680. The van der Waals surface area contributed by atoms with Crippen LogP contribution in [0, 0.1) is 0 Å². The zero-order chi connectivity index (χ0) is 17.0. The first-order chi connectivity index (χ1) is 11.8. The van der Waals surface area contributed by atoms with Crippen molar-refractivity contribution in [3.8, 4) is 11.5 Å². The van der Waals surface area contributed by atoms with Crippen LogP contribution in [0.15, 0.2) is 18.2 Å². The summed E-state index contributed by atoms with van der Waals surface area (Å²) < 4.78 is 17.0. The van der Waals surface area contributed by atoms with Crippen LogP contribution in [0.3, 0.4) is 0 Å². The Labute approximate surface area is 146 Å². The Morgan fingerprint density at radius 2 is 1.71 bits per heavy atom. The van der Waals surface area contributed by atoms with Crippen LogP contribution in [0.25, 0.3) is 0 Å². The molecule has 0 aliphatic carbocycles. The normalized spacial score (nSPS) is 15.2. The highest BCUT2D eigenvalue weighted by Gasteiger charge is 2.11. The molecule has 0 saturated carbocycles. The highest BCUT2D eigenvalue weighted by atomic mass is 16.5. The molecule has 2 rings (SSSR count). The lowest BCUT2D eigenvalue weighted by molar-refractivity contribution is 0.174. The van der Waals surface area contributed by atoms with Crippen molar-refractivity contribution < 1.29 is 14.2 Å². The third-order valence-corrected chi connectivity index (χ3v) is 4.35. The number of methoxy groups -OCH3 is 1. The number of benzene rings is 1. The molecule has 0 spiro atoms. The van der Waals surface area contributed by atoms with Gasteiger partial charge >= 0.3 is 0 Å². The fourth-order valence-corrected chi connectivity index (χ4v) is 2.89. The fourth-order valence-electron chi connectivity index (χ4n) is 2.89. The van der Waals surface area contributed by atoms with E-state index < -0.39 is 0 Å². The van der Waals surface area contributed by atoms with Crippen LogP contribution >= 0.6 is 0 Å². The first-order valence-electron chi connectivity index (χ1n) is 9.12. The molecule has 0 amide bonds. The number of hydrogen-bond donors (Lipinski definition) is 1. The summed E-state index contributed by atoms with van der Waals surface area (Å²) >= 11 is 0. The summed E-state index contributed by atoms with van der Waals surface area (Å²) in [7, 11) is 3.64. The van der Waals surface area contributed by atoms with Crippen LogP contribution in [-0.2, 0) is 4.74 Å². The van der Waals surface area contributed by atoms with Gasteiger partial charge in [0.15, 0.2) is 11.5 Å². The van der Waals surface area contributed by atoms with Gasteiger partial charge in [-0.1, -0.05) is 6.42 Å². The van der Waals surface area contributed by atoms with Crippen molar-refractivity contribution in [3.05, 3.63) is 18.2 Å². The maximum absolute atomic E-state index is 6.00. The van der Waals surface area contributed by atoms with Crippen molar-refractivity contribution in [1.82, 2.24) is 4.90 Å². The summed E-state index contributed by atoms with van der Waals surface area (Å²) in [5, 5.41) is 3.15.